The molecule has 0 aromatic carbocycles. The summed E-state index contributed by atoms with van der Waals surface area (Å²) in [5, 5.41) is 10.1. The Balaban J connectivity index is 2.06. The monoisotopic (exact) mass is 254 g/mol. The van der Waals surface area contributed by atoms with Gasteiger partial charge in [-0.15, -0.1) is 0 Å². The fourth-order valence-corrected chi connectivity index (χ4v) is 3.91. The maximum absolute atomic E-state index is 11.9. The molecule has 0 bridgehead atoms. The van der Waals surface area contributed by atoms with Crippen LogP contribution in [0.5, 0.6) is 0 Å². The molecule has 2 rings (SSSR count). The maximum Gasteiger partial charge on any atom is 0.305 e. The number of carbonyl (C=O) groups is 2. The first-order chi connectivity index (χ1) is 8.47. The van der Waals surface area contributed by atoms with E-state index in [0.29, 0.717) is 31.6 Å². The molecule has 0 unspecified atom stereocenters. The van der Waals surface area contributed by atoms with Crippen LogP contribution >= 0.6 is 0 Å². The van der Waals surface area contributed by atoms with Crippen molar-refractivity contribution in [3.05, 3.63) is 0 Å². The number of ketones is 1. The fourth-order valence-electron chi connectivity index (χ4n) is 3.91. The van der Waals surface area contributed by atoms with Crippen LogP contribution in [0.15, 0.2) is 0 Å². The van der Waals surface area contributed by atoms with Crippen molar-refractivity contribution in [2.45, 2.75) is 51.6 Å². The molecule has 18 heavy (non-hydrogen) atoms. The van der Waals surface area contributed by atoms with E-state index in [4.69, 9.17) is 0 Å². The predicted molar refractivity (Wildman–Crippen MR) is 65.8 cm³/mol. The number of methoxy groups -OCH3 is 1. The zero-order valence-corrected chi connectivity index (χ0v) is 11.1. The van der Waals surface area contributed by atoms with Gasteiger partial charge in [0, 0.05) is 24.7 Å². The number of aliphatic hydroxyl groups excluding tert-OH is 1. The summed E-state index contributed by atoms with van der Waals surface area (Å²) in [7, 11) is 1.39. The largest absolute Gasteiger partial charge is 0.469 e. The minimum Gasteiger partial charge on any atom is -0.469 e. The second kappa shape index (κ2) is 5.00. The van der Waals surface area contributed by atoms with Crippen LogP contribution in [0, 0.1) is 17.3 Å². The SMILES string of the molecule is COC(=O)CC[C@@H]1CC(=O)C[C@]2(C)[C@@H](O)CC[C@@H]12. The van der Waals surface area contributed by atoms with Gasteiger partial charge in [-0.2, -0.15) is 0 Å². The smallest absolute Gasteiger partial charge is 0.305 e. The number of ether oxygens (including phenoxy) is 1. The summed E-state index contributed by atoms with van der Waals surface area (Å²) in [6.45, 7) is 2.03. The van der Waals surface area contributed by atoms with Crippen molar-refractivity contribution in [1.82, 2.24) is 0 Å². The van der Waals surface area contributed by atoms with E-state index in [9.17, 15) is 14.7 Å². The van der Waals surface area contributed by atoms with Crippen LogP contribution in [-0.2, 0) is 14.3 Å². The van der Waals surface area contributed by atoms with Crippen molar-refractivity contribution in [3.8, 4) is 0 Å². The van der Waals surface area contributed by atoms with Crippen molar-refractivity contribution >= 4 is 11.8 Å². The van der Waals surface area contributed by atoms with E-state index in [0.717, 1.165) is 12.8 Å². The molecular formula is C14H22O4. The summed E-state index contributed by atoms with van der Waals surface area (Å²) in [6, 6.07) is 0. The maximum atomic E-state index is 11.9. The molecule has 4 heteroatoms. The first kappa shape index (κ1) is 13.5. The minimum atomic E-state index is -0.368. The van der Waals surface area contributed by atoms with Gasteiger partial charge in [0.15, 0.2) is 0 Å². The summed E-state index contributed by atoms with van der Waals surface area (Å²) >= 11 is 0. The average molecular weight is 254 g/mol. The van der Waals surface area contributed by atoms with Gasteiger partial charge in [-0.05, 0) is 31.1 Å². The second-order valence-electron chi connectivity index (χ2n) is 6.00. The summed E-state index contributed by atoms with van der Waals surface area (Å²) in [4.78, 5) is 23.1. The molecule has 1 N–H and O–H groups in total. The molecule has 2 fully saturated rings. The van der Waals surface area contributed by atoms with Crippen molar-refractivity contribution in [2.24, 2.45) is 17.3 Å². The molecule has 0 amide bonds. The summed E-state index contributed by atoms with van der Waals surface area (Å²) in [5.41, 5.74) is -0.268. The first-order valence-corrected chi connectivity index (χ1v) is 6.74. The molecule has 4 atom stereocenters. The van der Waals surface area contributed by atoms with E-state index in [-0.39, 0.29) is 29.2 Å². The van der Waals surface area contributed by atoms with Gasteiger partial charge in [0.1, 0.15) is 5.78 Å². The Hall–Kier alpha value is -0.900. The Bertz CT molecular complexity index is 352. The van der Waals surface area contributed by atoms with Crippen LogP contribution in [0.25, 0.3) is 0 Å². The van der Waals surface area contributed by atoms with Crippen LogP contribution in [0.4, 0.5) is 0 Å². The highest BCUT2D eigenvalue weighted by atomic mass is 16.5. The highest BCUT2D eigenvalue weighted by Crippen LogP contribution is 2.54. The molecule has 0 radical (unpaired) electrons. The Morgan fingerprint density at radius 2 is 2.22 bits per heavy atom. The third-order valence-corrected chi connectivity index (χ3v) is 4.94. The van der Waals surface area contributed by atoms with Gasteiger partial charge in [0.2, 0.25) is 0 Å². The Labute approximate surface area is 108 Å². The van der Waals surface area contributed by atoms with Crippen molar-refractivity contribution in [2.75, 3.05) is 7.11 Å². The molecule has 4 nitrogen and oxygen atoms in total. The van der Waals surface area contributed by atoms with Crippen molar-refractivity contribution in [3.63, 3.8) is 0 Å². The van der Waals surface area contributed by atoms with E-state index in [2.05, 4.69) is 4.74 Å². The Kier molecular flexibility index (Phi) is 3.76. The van der Waals surface area contributed by atoms with E-state index in [1.165, 1.54) is 7.11 Å². The molecule has 0 spiro atoms. The lowest BCUT2D eigenvalue weighted by Crippen LogP contribution is -2.43. The molecule has 102 valence electrons. The van der Waals surface area contributed by atoms with Gasteiger partial charge in [0.25, 0.3) is 0 Å². The third-order valence-electron chi connectivity index (χ3n) is 4.94. The number of hydrogen-bond acceptors (Lipinski definition) is 4. The normalized spacial score (nSPS) is 39.5. The topological polar surface area (TPSA) is 63.6 Å². The second-order valence-corrected chi connectivity index (χ2v) is 6.00. The van der Waals surface area contributed by atoms with Gasteiger partial charge in [-0.3, -0.25) is 9.59 Å². The molecule has 0 aliphatic heterocycles. The van der Waals surface area contributed by atoms with Crippen molar-refractivity contribution in [1.29, 1.82) is 0 Å². The number of Topliss-reactive ketones (excluding diaryl/α,β-unsaturated/α-hetero) is 1. The van der Waals surface area contributed by atoms with E-state index in [1.807, 2.05) is 6.92 Å². The van der Waals surface area contributed by atoms with E-state index < -0.39 is 0 Å². The van der Waals surface area contributed by atoms with Gasteiger partial charge in [0.05, 0.1) is 13.2 Å². The number of hydrogen-bond donors (Lipinski definition) is 1. The van der Waals surface area contributed by atoms with E-state index >= 15 is 0 Å². The lowest BCUT2D eigenvalue weighted by molar-refractivity contribution is -0.142. The van der Waals surface area contributed by atoms with Gasteiger partial charge in [-0.1, -0.05) is 6.92 Å². The lowest BCUT2D eigenvalue weighted by Gasteiger charge is -2.42. The molecule has 0 heterocycles. The van der Waals surface area contributed by atoms with Crippen LogP contribution in [0.2, 0.25) is 0 Å². The van der Waals surface area contributed by atoms with Gasteiger partial charge >= 0.3 is 5.97 Å². The summed E-state index contributed by atoms with van der Waals surface area (Å²) < 4.78 is 4.65. The number of carbonyl (C=O) groups excluding carboxylic acids is 2. The number of rotatable bonds is 3. The van der Waals surface area contributed by atoms with Crippen LogP contribution in [-0.4, -0.2) is 30.1 Å². The highest BCUT2D eigenvalue weighted by molar-refractivity contribution is 5.80. The van der Waals surface area contributed by atoms with E-state index in [1.54, 1.807) is 0 Å². The van der Waals surface area contributed by atoms with Crippen LogP contribution in [0.1, 0.15) is 45.4 Å². The quantitative estimate of drug-likeness (QED) is 0.778. The standard InChI is InChI=1S/C14H22O4/c1-14-8-10(15)7-9(3-6-13(17)18-2)11(14)4-5-12(14)16/h9,11-12,16H,3-8H2,1-2H3/t9-,11+,12+,14+/m1/s1. The number of esters is 1. The molecular weight excluding hydrogens is 232 g/mol. The van der Waals surface area contributed by atoms with Gasteiger partial charge in [-0.25, -0.2) is 0 Å². The molecule has 0 saturated heterocycles. The molecule has 2 aliphatic rings. The Morgan fingerprint density at radius 3 is 2.89 bits per heavy atom. The van der Waals surface area contributed by atoms with Crippen molar-refractivity contribution < 1.29 is 19.4 Å². The van der Waals surface area contributed by atoms with Crippen LogP contribution < -0.4 is 0 Å². The minimum absolute atomic E-state index is 0.215. The number of fused-ring (bicyclic) bond motifs is 1. The summed E-state index contributed by atoms with van der Waals surface area (Å²) in [6.07, 6.45) is 3.51. The highest BCUT2D eigenvalue weighted by Gasteiger charge is 2.52. The van der Waals surface area contributed by atoms with Gasteiger partial charge < -0.3 is 9.84 Å². The van der Waals surface area contributed by atoms with Crippen LogP contribution in [0.3, 0.4) is 0 Å². The summed E-state index contributed by atoms with van der Waals surface area (Å²) in [5.74, 6) is 0.611. The fraction of sp³-hybridized carbons (Fsp3) is 0.857. The Morgan fingerprint density at radius 1 is 1.50 bits per heavy atom. The first-order valence-electron chi connectivity index (χ1n) is 6.74. The zero-order valence-electron chi connectivity index (χ0n) is 11.1. The molecule has 2 saturated carbocycles. The predicted octanol–water partition coefficient (Wildman–Crippen LogP) is 1.70. The molecule has 2 aliphatic carbocycles. The average Bonchev–Trinajstić information content (AvgIpc) is 2.61. The molecule has 0 aromatic heterocycles. The third kappa shape index (κ3) is 2.30. The zero-order chi connectivity index (χ0) is 13.3. The lowest BCUT2D eigenvalue weighted by atomic mass is 9.62. The molecule has 0 aromatic rings. The number of aliphatic hydroxyl groups is 1.